The summed E-state index contributed by atoms with van der Waals surface area (Å²) in [5.41, 5.74) is -0.394. The van der Waals surface area contributed by atoms with Crippen molar-refractivity contribution in [3.05, 3.63) is 59.0 Å². The summed E-state index contributed by atoms with van der Waals surface area (Å²) < 4.78 is 63.3. The molecule has 6 nitrogen and oxygen atoms in total. The Morgan fingerprint density at radius 1 is 1.13 bits per heavy atom. The lowest BCUT2D eigenvalue weighted by molar-refractivity contribution is -0.138. The number of hydrogen-bond acceptors (Lipinski definition) is 4. The molecule has 0 saturated carbocycles. The van der Waals surface area contributed by atoms with Crippen LogP contribution in [0.4, 0.5) is 17.6 Å². The van der Waals surface area contributed by atoms with Gasteiger partial charge in [-0.15, -0.1) is 0 Å². The van der Waals surface area contributed by atoms with Gasteiger partial charge in [-0.3, -0.25) is 0 Å². The van der Waals surface area contributed by atoms with Gasteiger partial charge in [0.1, 0.15) is 12.4 Å². The van der Waals surface area contributed by atoms with E-state index in [9.17, 15) is 17.6 Å². The second kappa shape index (κ2) is 11.3. The topological polar surface area (TPSA) is 67.8 Å². The summed E-state index contributed by atoms with van der Waals surface area (Å²) in [7, 11) is 1.56. The summed E-state index contributed by atoms with van der Waals surface area (Å²) in [6.07, 6.45) is -3.06. The first-order valence-electron chi connectivity index (χ1n) is 9.28. The van der Waals surface area contributed by atoms with E-state index in [-0.39, 0.29) is 18.7 Å². The van der Waals surface area contributed by atoms with Crippen LogP contribution in [0.5, 0.6) is 5.88 Å². The lowest BCUT2D eigenvalue weighted by Crippen LogP contribution is -2.37. The maximum atomic E-state index is 13.3. The molecule has 0 radical (unpaired) electrons. The number of methoxy groups -OCH3 is 1. The van der Waals surface area contributed by atoms with Crippen molar-refractivity contribution in [1.29, 1.82) is 0 Å². The minimum Gasteiger partial charge on any atom is -0.475 e. The first-order valence-corrected chi connectivity index (χ1v) is 9.28. The van der Waals surface area contributed by atoms with Crippen LogP contribution < -0.4 is 15.4 Å². The summed E-state index contributed by atoms with van der Waals surface area (Å²) in [6, 6.07) is 6.12. The molecule has 1 aromatic carbocycles. The number of ether oxygens (including phenoxy) is 2. The number of halogens is 4. The van der Waals surface area contributed by atoms with Crippen LogP contribution in [0.1, 0.15) is 23.6 Å². The number of alkyl halides is 3. The highest BCUT2D eigenvalue weighted by atomic mass is 19.4. The monoisotopic (exact) mass is 428 g/mol. The quantitative estimate of drug-likeness (QED) is 0.277. The van der Waals surface area contributed by atoms with Crippen molar-refractivity contribution in [3.63, 3.8) is 0 Å². The largest absolute Gasteiger partial charge is 0.475 e. The van der Waals surface area contributed by atoms with Crippen LogP contribution in [0.2, 0.25) is 0 Å². The lowest BCUT2D eigenvalue weighted by Gasteiger charge is -2.16. The molecule has 0 unspecified atom stereocenters. The third-order valence-corrected chi connectivity index (χ3v) is 3.95. The van der Waals surface area contributed by atoms with Crippen LogP contribution >= 0.6 is 0 Å². The van der Waals surface area contributed by atoms with Crippen molar-refractivity contribution in [1.82, 2.24) is 15.6 Å². The van der Waals surface area contributed by atoms with Gasteiger partial charge in [0.05, 0.1) is 18.7 Å². The zero-order valence-corrected chi connectivity index (χ0v) is 16.7. The Labute approximate surface area is 172 Å². The number of hydrogen-bond donors (Lipinski definition) is 2. The number of nitrogens with one attached hydrogen (secondary N) is 2. The molecule has 0 saturated heterocycles. The van der Waals surface area contributed by atoms with Crippen molar-refractivity contribution >= 4 is 5.96 Å². The van der Waals surface area contributed by atoms with Crippen LogP contribution in [0, 0.1) is 5.82 Å². The van der Waals surface area contributed by atoms with E-state index in [4.69, 9.17) is 9.47 Å². The Kier molecular flexibility index (Phi) is 8.85. The van der Waals surface area contributed by atoms with E-state index in [0.29, 0.717) is 43.2 Å². The van der Waals surface area contributed by atoms with Crippen molar-refractivity contribution < 1.29 is 27.0 Å². The molecule has 0 fully saturated rings. The number of rotatable bonds is 9. The maximum absolute atomic E-state index is 13.3. The van der Waals surface area contributed by atoms with Gasteiger partial charge in [-0.05, 0) is 30.7 Å². The van der Waals surface area contributed by atoms with Crippen molar-refractivity contribution in [2.75, 3.05) is 26.9 Å². The van der Waals surface area contributed by atoms with E-state index in [1.54, 1.807) is 25.4 Å². The first-order chi connectivity index (χ1) is 14.3. The molecule has 0 bridgehead atoms. The molecule has 1 heterocycles. The highest BCUT2D eigenvalue weighted by Gasteiger charge is 2.33. The molecule has 10 heteroatoms. The number of benzene rings is 1. The van der Waals surface area contributed by atoms with Gasteiger partial charge in [-0.1, -0.05) is 12.1 Å². The van der Waals surface area contributed by atoms with Crippen molar-refractivity contribution in [2.24, 2.45) is 4.99 Å². The molecule has 2 N–H and O–H groups in total. The van der Waals surface area contributed by atoms with Crippen LogP contribution in [0.25, 0.3) is 0 Å². The van der Waals surface area contributed by atoms with Crippen LogP contribution in [0.15, 0.2) is 41.5 Å². The van der Waals surface area contributed by atoms with Crippen LogP contribution in [-0.4, -0.2) is 37.8 Å². The molecule has 30 heavy (non-hydrogen) atoms. The molecule has 2 aromatic rings. The van der Waals surface area contributed by atoms with Crippen molar-refractivity contribution in [3.8, 4) is 5.88 Å². The second-order valence-corrected chi connectivity index (χ2v) is 6.16. The van der Waals surface area contributed by atoms with E-state index in [1.807, 2.05) is 6.92 Å². The first kappa shape index (κ1) is 23.4. The summed E-state index contributed by atoms with van der Waals surface area (Å²) in [5.74, 6) is -0.224. The zero-order chi connectivity index (χ0) is 22.0. The number of nitrogens with zero attached hydrogens (tertiary/aromatic N) is 2. The fourth-order valence-corrected chi connectivity index (χ4v) is 2.55. The molecule has 0 aliphatic heterocycles. The molecule has 0 aliphatic rings. The predicted molar refractivity (Wildman–Crippen MR) is 105 cm³/mol. The minimum atomic E-state index is -4.65. The Balaban J connectivity index is 2.12. The smallest absolute Gasteiger partial charge is 0.416 e. The average Bonchev–Trinajstić information content (AvgIpc) is 2.71. The number of pyridine rings is 1. The number of guanidine groups is 1. The highest BCUT2D eigenvalue weighted by molar-refractivity contribution is 5.79. The van der Waals surface area contributed by atoms with Crippen LogP contribution in [0.3, 0.4) is 0 Å². The van der Waals surface area contributed by atoms with Gasteiger partial charge >= 0.3 is 6.18 Å². The maximum Gasteiger partial charge on any atom is 0.416 e. The normalized spacial score (nSPS) is 12.0. The van der Waals surface area contributed by atoms with Gasteiger partial charge in [0, 0.05) is 32.0 Å². The van der Waals surface area contributed by atoms with Gasteiger partial charge < -0.3 is 20.1 Å². The average molecular weight is 428 g/mol. The Morgan fingerprint density at radius 3 is 2.63 bits per heavy atom. The summed E-state index contributed by atoms with van der Waals surface area (Å²) in [4.78, 5) is 8.55. The fourth-order valence-electron chi connectivity index (χ4n) is 2.55. The Hall–Kier alpha value is -2.88. The zero-order valence-electron chi connectivity index (χ0n) is 16.7. The van der Waals surface area contributed by atoms with Gasteiger partial charge in [0.2, 0.25) is 5.88 Å². The standard InChI is InChI=1S/C20H24F4N4O2/c1-3-25-19(27-12-14-6-7-16(21)11-17(14)20(22,23)24)28-13-15-5-4-8-26-18(15)30-10-9-29-2/h4-8,11H,3,9-10,12-13H2,1-2H3,(H2,25,27,28). The van der Waals surface area contributed by atoms with Gasteiger partial charge in [-0.2, -0.15) is 13.2 Å². The molecule has 164 valence electrons. The van der Waals surface area contributed by atoms with Crippen molar-refractivity contribution in [2.45, 2.75) is 26.2 Å². The van der Waals surface area contributed by atoms with Gasteiger partial charge in [-0.25, -0.2) is 14.4 Å². The Bertz CT molecular complexity index is 844. The molecule has 0 spiro atoms. The third kappa shape index (κ3) is 7.18. The summed E-state index contributed by atoms with van der Waals surface area (Å²) in [5, 5.41) is 5.81. The van der Waals surface area contributed by atoms with E-state index >= 15 is 0 Å². The predicted octanol–water partition coefficient (Wildman–Crippen LogP) is 3.52. The molecule has 0 atom stereocenters. The highest BCUT2D eigenvalue weighted by Crippen LogP contribution is 2.32. The minimum absolute atomic E-state index is 0.0838. The van der Waals surface area contributed by atoms with E-state index in [2.05, 4.69) is 20.6 Å². The molecular weight excluding hydrogens is 404 g/mol. The van der Waals surface area contributed by atoms with E-state index < -0.39 is 17.6 Å². The molecule has 0 aliphatic carbocycles. The molecule has 2 rings (SSSR count). The molecular formula is C20H24F4N4O2. The number of aliphatic imine (C=N–C) groups is 1. The third-order valence-electron chi connectivity index (χ3n) is 3.95. The van der Waals surface area contributed by atoms with Gasteiger partial charge in [0.15, 0.2) is 5.96 Å². The van der Waals surface area contributed by atoms with Crippen LogP contribution in [-0.2, 0) is 24.0 Å². The Morgan fingerprint density at radius 2 is 1.93 bits per heavy atom. The molecule has 1 aromatic heterocycles. The second-order valence-electron chi connectivity index (χ2n) is 6.16. The molecule has 0 amide bonds. The van der Waals surface area contributed by atoms with Gasteiger partial charge in [0.25, 0.3) is 0 Å². The lowest BCUT2D eigenvalue weighted by atomic mass is 10.1. The fraction of sp³-hybridized carbons (Fsp3) is 0.400. The van der Waals surface area contributed by atoms with E-state index in [0.717, 1.165) is 12.1 Å². The number of aromatic nitrogens is 1. The van der Waals surface area contributed by atoms with E-state index in [1.165, 1.54) is 0 Å². The summed E-state index contributed by atoms with van der Waals surface area (Å²) in [6.45, 7) is 3.09. The SMILES string of the molecule is CCNC(=NCc1cccnc1OCCOC)NCc1ccc(F)cc1C(F)(F)F. The summed E-state index contributed by atoms with van der Waals surface area (Å²) >= 11 is 0.